The summed E-state index contributed by atoms with van der Waals surface area (Å²) >= 11 is 0. The summed E-state index contributed by atoms with van der Waals surface area (Å²) in [5.74, 6) is 0. The molecule has 0 saturated heterocycles. The summed E-state index contributed by atoms with van der Waals surface area (Å²) in [6.45, 7) is 0. The molecule has 0 heterocycles. The first-order valence-corrected chi connectivity index (χ1v) is 4.22. The van der Waals surface area contributed by atoms with Crippen molar-refractivity contribution in [1.29, 1.82) is 0 Å². The van der Waals surface area contributed by atoms with Crippen LogP contribution in [0.15, 0.2) is 0 Å². The zero-order valence-corrected chi connectivity index (χ0v) is 7.18. The van der Waals surface area contributed by atoms with Crippen molar-refractivity contribution in [1.82, 2.24) is 5.32 Å². The Morgan fingerprint density at radius 2 is 2.17 bits per heavy atom. The van der Waals surface area contributed by atoms with Crippen molar-refractivity contribution in [3.05, 3.63) is 0 Å². The first kappa shape index (κ1) is 9.29. The van der Waals surface area contributed by atoms with Gasteiger partial charge in [0.1, 0.15) is 6.17 Å². The van der Waals surface area contributed by atoms with E-state index in [-0.39, 0.29) is 6.04 Å². The third-order valence-corrected chi connectivity index (χ3v) is 2.17. The first-order chi connectivity index (χ1) is 5.74. The minimum atomic E-state index is -0.905. The zero-order valence-electron chi connectivity index (χ0n) is 7.18. The Bertz CT molecular complexity index is 163. The number of alkyl halides is 1. The van der Waals surface area contributed by atoms with Gasteiger partial charge < -0.3 is 10.1 Å². The molecule has 70 valence electrons. The third-order valence-electron chi connectivity index (χ3n) is 2.17. The summed E-state index contributed by atoms with van der Waals surface area (Å²) in [6, 6.07) is -0.341. The highest BCUT2D eigenvalue weighted by Gasteiger charge is 2.25. The van der Waals surface area contributed by atoms with Gasteiger partial charge in [0.25, 0.3) is 0 Å². The van der Waals surface area contributed by atoms with Gasteiger partial charge in [0.05, 0.1) is 13.2 Å². The maximum Gasteiger partial charge on any atom is 0.407 e. The lowest BCUT2D eigenvalue weighted by molar-refractivity contribution is 0.142. The van der Waals surface area contributed by atoms with E-state index < -0.39 is 12.3 Å². The second kappa shape index (κ2) is 4.28. The van der Waals surface area contributed by atoms with Gasteiger partial charge in [0.2, 0.25) is 0 Å². The SMILES string of the molecule is COC(=O)N[C@@H]1CCCC[C@H]1F. The predicted molar refractivity (Wildman–Crippen MR) is 42.7 cm³/mol. The zero-order chi connectivity index (χ0) is 8.97. The largest absolute Gasteiger partial charge is 0.453 e. The van der Waals surface area contributed by atoms with E-state index in [1.165, 1.54) is 7.11 Å². The average molecular weight is 175 g/mol. The van der Waals surface area contributed by atoms with Gasteiger partial charge in [-0.25, -0.2) is 9.18 Å². The van der Waals surface area contributed by atoms with Crippen LogP contribution < -0.4 is 5.32 Å². The van der Waals surface area contributed by atoms with Gasteiger partial charge >= 0.3 is 6.09 Å². The van der Waals surface area contributed by atoms with E-state index in [1.807, 2.05) is 0 Å². The number of halogens is 1. The van der Waals surface area contributed by atoms with Crippen molar-refractivity contribution >= 4 is 6.09 Å². The fraction of sp³-hybridized carbons (Fsp3) is 0.875. The molecule has 0 aromatic carbocycles. The third kappa shape index (κ3) is 2.36. The maximum absolute atomic E-state index is 13.1. The van der Waals surface area contributed by atoms with Crippen LogP contribution in [0.3, 0.4) is 0 Å². The average Bonchev–Trinajstić information content (AvgIpc) is 2.09. The molecule has 1 saturated carbocycles. The van der Waals surface area contributed by atoms with E-state index in [0.29, 0.717) is 6.42 Å². The lowest BCUT2D eigenvalue weighted by Gasteiger charge is -2.25. The summed E-state index contributed by atoms with van der Waals surface area (Å²) in [6.07, 6.45) is 1.72. The van der Waals surface area contributed by atoms with E-state index in [4.69, 9.17) is 0 Å². The van der Waals surface area contributed by atoms with Gasteiger partial charge in [-0.15, -0.1) is 0 Å². The van der Waals surface area contributed by atoms with Gasteiger partial charge in [-0.1, -0.05) is 12.8 Å². The van der Waals surface area contributed by atoms with E-state index in [1.54, 1.807) is 0 Å². The van der Waals surface area contributed by atoms with Crippen molar-refractivity contribution in [2.75, 3.05) is 7.11 Å². The molecule has 3 nitrogen and oxygen atoms in total. The van der Waals surface area contributed by atoms with Crippen LogP contribution in [0.5, 0.6) is 0 Å². The number of methoxy groups -OCH3 is 1. The minimum absolute atomic E-state index is 0.341. The molecule has 0 aromatic heterocycles. The van der Waals surface area contributed by atoms with Crippen LogP contribution in [0.2, 0.25) is 0 Å². The number of hydrogen-bond acceptors (Lipinski definition) is 2. The number of rotatable bonds is 1. The fourth-order valence-electron chi connectivity index (χ4n) is 1.46. The van der Waals surface area contributed by atoms with E-state index in [2.05, 4.69) is 10.1 Å². The van der Waals surface area contributed by atoms with Crippen LogP contribution in [0.4, 0.5) is 9.18 Å². The summed E-state index contributed by atoms with van der Waals surface area (Å²) in [4.78, 5) is 10.7. The monoisotopic (exact) mass is 175 g/mol. The van der Waals surface area contributed by atoms with Gasteiger partial charge in [-0.2, -0.15) is 0 Å². The number of carbonyl (C=O) groups excluding carboxylic acids is 1. The van der Waals surface area contributed by atoms with Crippen molar-refractivity contribution in [3.63, 3.8) is 0 Å². The predicted octanol–water partition coefficient (Wildman–Crippen LogP) is 1.62. The maximum atomic E-state index is 13.1. The highest BCUT2D eigenvalue weighted by atomic mass is 19.1. The van der Waals surface area contributed by atoms with Gasteiger partial charge in [0.15, 0.2) is 0 Å². The number of amides is 1. The molecule has 0 unspecified atom stereocenters. The molecule has 0 bridgehead atoms. The molecule has 0 spiro atoms. The van der Waals surface area contributed by atoms with Gasteiger partial charge in [0, 0.05) is 0 Å². The van der Waals surface area contributed by atoms with Gasteiger partial charge in [-0.3, -0.25) is 0 Å². The van der Waals surface area contributed by atoms with Crippen molar-refractivity contribution in [3.8, 4) is 0 Å². The standard InChI is InChI=1S/C8H14FNO2/c1-12-8(11)10-7-5-3-2-4-6(7)9/h6-7H,2-5H2,1H3,(H,10,11)/t6-,7-/m1/s1. The highest BCUT2D eigenvalue weighted by molar-refractivity contribution is 5.67. The highest BCUT2D eigenvalue weighted by Crippen LogP contribution is 2.20. The summed E-state index contributed by atoms with van der Waals surface area (Å²) in [5, 5.41) is 2.48. The summed E-state index contributed by atoms with van der Waals surface area (Å²) < 4.78 is 17.5. The number of hydrogen-bond donors (Lipinski definition) is 1. The van der Waals surface area contributed by atoms with Gasteiger partial charge in [-0.05, 0) is 12.8 Å². The Morgan fingerprint density at radius 3 is 2.75 bits per heavy atom. The topological polar surface area (TPSA) is 38.3 Å². The molecule has 4 heteroatoms. The van der Waals surface area contributed by atoms with Crippen LogP contribution in [-0.2, 0) is 4.74 Å². The van der Waals surface area contributed by atoms with Crippen molar-refractivity contribution in [2.24, 2.45) is 0 Å². The van der Waals surface area contributed by atoms with Crippen molar-refractivity contribution < 1.29 is 13.9 Å². The molecule has 0 aliphatic heterocycles. The van der Waals surface area contributed by atoms with Crippen LogP contribution >= 0.6 is 0 Å². The Hall–Kier alpha value is -0.800. The molecule has 2 atom stereocenters. The molecule has 1 N–H and O–H groups in total. The number of ether oxygens (including phenoxy) is 1. The Kier molecular flexibility index (Phi) is 3.31. The smallest absolute Gasteiger partial charge is 0.407 e. The van der Waals surface area contributed by atoms with Crippen LogP contribution in [0.1, 0.15) is 25.7 Å². The van der Waals surface area contributed by atoms with Crippen LogP contribution in [0, 0.1) is 0 Å². The molecule has 1 amide bonds. The molecule has 0 aromatic rings. The fourth-order valence-corrected chi connectivity index (χ4v) is 1.46. The van der Waals surface area contributed by atoms with Crippen LogP contribution in [-0.4, -0.2) is 25.4 Å². The molecular formula is C8H14FNO2. The van der Waals surface area contributed by atoms with Crippen LogP contribution in [0.25, 0.3) is 0 Å². The van der Waals surface area contributed by atoms with E-state index >= 15 is 0 Å². The summed E-state index contributed by atoms with van der Waals surface area (Å²) in [7, 11) is 1.28. The Labute approximate surface area is 71.3 Å². The second-order valence-electron chi connectivity index (χ2n) is 3.04. The molecule has 0 radical (unpaired) electrons. The lowest BCUT2D eigenvalue weighted by Crippen LogP contribution is -2.43. The lowest BCUT2D eigenvalue weighted by atomic mass is 9.94. The second-order valence-corrected chi connectivity index (χ2v) is 3.04. The molecule has 1 rings (SSSR count). The summed E-state index contributed by atoms with van der Waals surface area (Å²) in [5.41, 5.74) is 0. The quantitative estimate of drug-likeness (QED) is 0.657. The molecule has 1 fully saturated rings. The van der Waals surface area contributed by atoms with Crippen molar-refractivity contribution in [2.45, 2.75) is 37.9 Å². The number of alkyl carbamates (subject to hydrolysis) is 1. The molecule has 12 heavy (non-hydrogen) atoms. The molecule has 1 aliphatic rings. The minimum Gasteiger partial charge on any atom is -0.453 e. The molecular weight excluding hydrogens is 161 g/mol. The number of nitrogens with one attached hydrogen (secondary N) is 1. The Morgan fingerprint density at radius 1 is 1.50 bits per heavy atom. The number of carbonyl (C=O) groups is 1. The van der Waals surface area contributed by atoms with E-state index in [9.17, 15) is 9.18 Å². The molecule has 1 aliphatic carbocycles. The normalized spacial score (nSPS) is 29.5. The first-order valence-electron chi connectivity index (χ1n) is 4.22. The Balaban J connectivity index is 2.33. The van der Waals surface area contributed by atoms with E-state index in [0.717, 1.165) is 19.3 Å².